The van der Waals surface area contributed by atoms with Crippen LogP contribution in [-0.4, -0.2) is 30.4 Å². The summed E-state index contributed by atoms with van der Waals surface area (Å²) < 4.78 is 0. The van der Waals surface area contributed by atoms with Crippen LogP contribution in [0.2, 0.25) is 0 Å². The Kier molecular flexibility index (Phi) is 5.39. The van der Waals surface area contributed by atoms with E-state index in [9.17, 15) is 9.59 Å². The van der Waals surface area contributed by atoms with Gasteiger partial charge < -0.3 is 0 Å². The quantitative estimate of drug-likeness (QED) is 0.630. The van der Waals surface area contributed by atoms with Crippen molar-refractivity contribution in [3.8, 4) is 0 Å². The fourth-order valence-corrected chi connectivity index (χ4v) is 3.30. The Hall–Kier alpha value is -2.46. The zero-order valence-corrected chi connectivity index (χ0v) is 13.9. The molecule has 0 atom stereocenters. The molecule has 0 bridgehead atoms. The minimum Gasteiger partial charge on any atom is -0.299 e. The van der Waals surface area contributed by atoms with E-state index in [4.69, 9.17) is 0 Å². The molecule has 0 aliphatic heterocycles. The van der Waals surface area contributed by atoms with Gasteiger partial charge in [-0.3, -0.25) is 19.6 Å². The lowest BCUT2D eigenvalue weighted by Gasteiger charge is -2.03. The Labute approximate surface area is 144 Å². The first-order valence-corrected chi connectivity index (χ1v) is 8.83. The normalized spacial score (nSPS) is 10.7. The summed E-state index contributed by atoms with van der Waals surface area (Å²) in [6, 6.07) is 8.04. The summed E-state index contributed by atoms with van der Waals surface area (Å²) in [5.41, 5.74) is 1.69. The van der Waals surface area contributed by atoms with Crippen LogP contribution in [0, 0.1) is 0 Å². The van der Waals surface area contributed by atoms with Gasteiger partial charge in [-0.15, -0.1) is 10.2 Å². The molecule has 0 saturated heterocycles. The third-order valence-electron chi connectivity index (χ3n) is 2.88. The summed E-state index contributed by atoms with van der Waals surface area (Å²) in [4.78, 5) is 27.5. The maximum atomic E-state index is 11.2. The number of thioether (sulfide) groups is 2. The molecule has 1 aromatic carbocycles. The molecule has 2 aromatic heterocycles. The second-order valence-electron chi connectivity index (χ2n) is 4.67. The molecular formula is C14H12N6O2S2. The lowest BCUT2D eigenvalue weighted by molar-refractivity contribution is 0.817. The molecule has 0 fully saturated rings. The van der Waals surface area contributed by atoms with E-state index in [1.807, 2.05) is 24.3 Å². The van der Waals surface area contributed by atoms with E-state index in [0.29, 0.717) is 21.8 Å². The average Bonchev–Trinajstić information content (AvgIpc) is 2.59. The summed E-state index contributed by atoms with van der Waals surface area (Å²) >= 11 is 2.83. The Morgan fingerprint density at radius 2 is 1.17 bits per heavy atom. The third-order valence-corrected chi connectivity index (χ3v) is 4.75. The van der Waals surface area contributed by atoms with Crippen molar-refractivity contribution in [2.45, 2.75) is 21.8 Å². The van der Waals surface area contributed by atoms with Gasteiger partial charge in [-0.05, 0) is 11.1 Å². The summed E-state index contributed by atoms with van der Waals surface area (Å²) in [7, 11) is 0. The van der Waals surface area contributed by atoms with E-state index in [1.54, 1.807) is 0 Å². The van der Waals surface area contributed by atoms with Crippen molar-refractivity contribution in [2.75, 3.05) is 0 Å². The molecule has 0 spiro atoms. The van der Waals surface area contributed by atoms with Gasteiger partial charge in [0.2, 0.25) is 0 Å². The maximum Gasteiger partial charge on any atom is 0.270 e. The SMILES string of the molecule is O=c1cnnc(SCc2ccc(CSc3nncc(=O)[nH]3)cc2)[nH]1. The molecule has 8 nitrogen and oxygen atoms in total. The molecule has 0 aliphatic carbocycles. The number of H-pyrrole nitrogens is 2. The zero-order chi connectivity index (χ0) is 16.8. The van der Waals surface area contributed by atoms with Crippen LogP contribution in [-0.2, 0) is 11.5 Å². The van der Waals surface area contributed by atoms with Crippen molar-refractivity contribution in [1.82, 2.24) is 30.4 Å². The summed E-state index contributed by atoms with van der Waals surface area (Å²) in [5, 5.41) is 15.9. The van der Waals surface area contributed by atoms with Crippen molar-refractivity contribution >= 4 is 23.5 Å². The van der Waals surface area contributed by atoms with Crippen LogP contribution in [0.5, 0.6) is 0 Å². The van der Waals surface area contributed by atoms with E-state index >= 15 is 0 Å². The van der Waals surface area contributed by atoms with Crippen molar-refractivity contribution < 1.29 is 0 Å². The lowest BCUT2D eigenvalue weighted by atomic mass is 10.2. The van der Waals surface area contributed by atoms with E-state index < -0.39 is 0 Å². The van der Waals surface area contributed by atoms with Gasteiger partial charge in [0, 0.05) is 11.5 Å². The van der Waals surface area contributed by atoms with Gasteiger partial charge in [-0.25, -0.2) is 0 Å². The van der Waals surface area contributed by atoms with Gasteiger partial charge in [0.15, 0.2) is 10.3 Å². The second kappa shape index (κ2) is 7.88. The van der Waals surface area contributed by atoms with Crippen LogP contribution >= 0.6 is 23.5 Å². The number of rotatable bonds is 6. The van der Waals surface area contributed by atoms with Crippen molar-refractivity contribution in [3.05, 3.63) is 68.5 Å². The molecule has 0 saturated carbocycles. The monoisotopic (exact) mass is 360 g/mol. The predicted octanol–water partition coefficient (Wildman–Crippen LogP) is 1.23. The number of benzene rings is 1. The molecule has 0 unspecified atom stereocenters. The minimum absolute atomic E-state index is 0.262. The molecule has 3 aromatic rings. The van der Waals surface area contributed by atoms with Gasteiger partial charge in [-0.1, -0.05) is 47.8 Å². The number of hydrogen-bond donors (Lipinski definition) is 2. The van der Waals surface area contributed by atoms with Gasteiger partial charge in [0.05, 0.1) is 0 Å². The third kappa shape index (κ3) is 4.77. The fraction of sp³-hybridized carbons (Fsp3) is 0.143. The number of aromatic nitrogens is 6. The summed E-state index contributed by atoms with van der Waals surface area (Å²) in [6.45, 7) is 0. The average molecular weight is 360 g/mol. The largest absolute Gasteiger partial charge is 0.299 e. The number of aromatic amines is 2. The first-order valence-electron chi connectivity index (χ1n) is 6.86. The second-order valence-corrected chi connectivity index (χ2v) is 6.60. The number of nitrogens with zero attached hydrogens (tertiary/aromatic N) is 4. The minimum atomic E-state index is -0.262. The van der Waals surface area contributed by atoms with E-state index in [0.717, 1.165) is 23.5 Å². The first-order chi connectivity index (χ1) is 11.7. The molecule has 24 heavy (non-hydrogen) atoms. The van der Waals surface area contributed by atoms with Gasteiger partial charge in [0.1, 0.15) is 12.4 Å². The van der Waals surface area contributed by atoms with Gasteiger partial charge >= 0.3 is 0 Å². The highest BCUT2D eigenvalue weighted by Gasteiger charge is 2.02. The highest BCUT2D eigenvalue weighted by Crippen LogP contribution is 2.21. The van der Waals surface area contributed by atoms with Crippen molar-refractivity contribution in [2.24, 2.45) is 0 Å². The van der Waals surface area contributed by atoms with Crippen molar-refractivity contribution in [1.29, 1.82) is 0 Å². The number of nitrogens with one attached hydrogen (secondary N) is 2. The fourth-order valence-electron chi connectivity index (χ4n) is 1.76. The van der Waals surface area contributed by atoms with Crippen molar-refractivity contribution in [3.63, 3.8) is 0 Å². The first kappa shape index (κ1) is 16.4. The predicted molar refractivity (Wildman–Crippen MR) is 90.9 cm³/mol. The van der Waals surface area contributed by atoms with Crippen LogP contribution in [0.4, 0.5) is 0 Å². The van der Waals surface area contributed by atoms with Crippen LogP contribution in [0.15, 0.2) is 56.6 Å². The molecule has 0 aliphatic rings. The number of hydrogen-bond acceptors (Lipinski definition) is 8. The van der Waals surface area contributed by atoms with Gasteiger partial charge in [-0.2, -0.15) is 10.2 Å². The molecular weight excluding hydrogens is 348 g/mol. The summed E-state index contributed by atoms with van der Waals surface area (Å²) in [6.07, 6.45) is 2.28. The molecule has 0 amide bonds. The lowest BCUT2D eigenvalue weighted by Crippen LogP contribution is -2.08. The smallest absolute Gasteiger partial charge is 0.270 e. The maximum absolute atomic E-state index is 11.2. The molecule has 2 N–H and O–H groups in total. The standard InChI is InChI=1S/C14H12N6O2S2/c21-11-5-15-19-13(17-11)23-7-9-1-2-10(4-3-9)8-24-14-18-12(22)6-16-20-14/h1-6H,7-8H2,(H,17,19,21)(H,18,20,22). The molecule has 0 radical (unpaired) electrons. The Balaban J connectivity index is 1.55. The van der Waals surface area contributed by atoms with Crippen LogP contribution < -0.4 is 11.1 Å². The van der Waals surface area contributed by atoms with Gasteiger partial charge in [0.25, 0.3) is 11.1 Å². The topological polar surface area (TPSA) is 117 Å². The molecule has 10 heteroatoms. The molecule has 2 heterocycles. The Morgan fingerprint density at radius 1 is 0.750 bits per heavy atom. The highest BCUT2D eigenvalue weighted by molar-refractivity contribution is 7.98. The van der Waals surface area contributed by atoms with Crippen LogP contribution in [0.1, 0.15) is 11.1 Å². The van der Waals surface area contributed by atoms with Crippen LogP contribution in [0.25, 0.3) is 0 Å². The van der Waals surface area contributed by atoms with E-state index in [1.165, 1.54) is 23.5 Å². The highest BCUT2D eigenvalue weighted by atomic mass is 32.2. The van der Waals surface area contributed by atoms with E-state index in [2.05, 4.69) is 30.4 Å². The Morgan fingerprint density at radius 3 is 1.54 bits per heavy atom. The Bertz CT molecular complexity index is 849. The molecule has 122 valence electrons. The van der Waals surface area contributed by atoms with Crippen LogP contribution in [0.3, 0.4) is 0 Å². The zero-order valence-electron chi connectivity index (χ0n) is 12.3. The van der Waals surface area contributed by atoms with E-state index in [-0.39, 0.29) is 11.1 Å². The molecule has 3 rings (SSSR count). The summed E-state index contributed by atoms with van der Waals surface area (Å²) in [5.74, 6) is 1.36.